The van der Waals surface area contributed by atoms with Gasteiger partial charge < -0.3 is 10.2 Å². The van der Waals surface area contributed by atoms with Crippen LogP contribution in [-0.4, -0.2) is 34.8 Å². The van der Waals surface area contributed by atoms with Crippen molar-refractivity contribution in [3.8, 4) is 5.75 Å². The molecule has 2 N–H and O–H groups in total. The molecule has 1 aromatic rings. The highest BCUT2D eigenvalue weighted by atomic mass is 16.3. The number of aliphatic hydroxyl groups excluding tert-OH is 1. The number of likely N-dealkylation sites (tertiary alicyclic amines) is 1. The molecule has 0 unspecified atom stereocenters. The molecule has 0 amide bonds. The Balaban J connectivity index is 1.92. The summed E-state index contributed by atoms with van der Waals surface area (Å²) in [6.45, 7) is 3.16. The Labute approximate surface area is 90.0 Å². The number of phenols is 1. The van der Waals surface area contributed by atoms with Crippen molar-refractivity contribution in [2.75, 3.05) is 19.7 Å². The third-order valence-electron chi connectivity index (χ3n) is 2.94. The van der Waals surface area contributed by atoms with Crippen LogP contribution in [0.1, 0.15) is 12.0 Å². The van der Waals surface area contributed by atoms with Crippen molar-refractivity contribution in [2.45, 2.75) is 13.0 Å². The molecule has 1 heterocycles. The third-order valence-corrected chi connectivity index (χ3v) is 2.94. The predicted molar refractivity (Wildman–Crippen MR) is 58.6 cm³/mol. The first-order valence-corrected chi connectivity index (χ1v) is 5.39. The number of nitrogens with zero attached hydrogens (tertiary/aromatic N) is 1. The minimum absolute atomic E-state index is 0.288. The fourth-order valence-electron chi connectivity index (χ4n) is 2.12. The molecule has 1 saturated heterocycles. The molecule has 82 valence electrons. The Kier molecular flexibility index (Phi) is 3.23. The molecule has 0 aliphatic carbocycles. The normalized spacial score (nSPS) is 22.1. The summed E-state index contributed by atoms with van der Waals surface area (Å²) in [6.07, 6.45) is 1.08. The molecule has 3 nitrogen and oxygen atoms in total. The monoisotopic (exact) mass is 207 g/mol. The maximum absolute atomic E-state index is 9.33. The van der Waals surface area contributed by atoms with Crippen molar-refractivity contribution >= 4 is 0 Å². The Hall–Kier alpha value is -1.06. The molecule has 1 fully saturated rings. The van der Waals surface area contributed by atoms with E-state index in [1.165, 1.54) is 0 Å². The second-order valence-corrected chi connectivity index (χ2v) is 4.24. The third kappa shape index (κ3) is 2.70. The molecule has 1 aliphatic heterocycles. The second kappa shape index (κ2) is 4.64. The van der Waals surface area contributed by atoms with Gasteiger partial charge in [-0.25, -0.2) is 0 Å². The zero-order chi connectivity index (χ0) is 10.7. The van der Waals surface area contributed by atoms with Crippen molar-refractivity contribution in [2.24, 2.45) is 5.92 Å². The number of aromatic hydroxyl groups is 1. The van der Waals surface area contributed by atoms with E-state index < -0.39 is 0 Å². The molecule has 1 aromatic carbocycles. The van der Waals surface area contributed by atoms with Crippen molar-refractivity contribution in [3.05, 3.63) is 29.8 Å². The lowest BCUT2D eigenvalue weighted by molar-refractivity contribution is 0.220. The van der Waals surface area contributed by atoms with E-state index in [9.17, 15) is 5.11 Å². The minimum atomic E-state index is 0.288. The molecule has 1 aliphatic rings. The Morgan fingerprint density at radius 3 is 2.93 bits per heavy atom. The highest BCUT2D eigenvalue weighted by Gasteiger charge is 2.21. The van der Waals surface area contributed by atoms with Crippen LogP contribution in [0.3, 0.4) is 0 Å². The maximum atomic E-state index is 9.33. The first-order valence-electron chi connectivity index (χ1n) is 5.39. The molecule has 15 heavy (non-hydrogen) atoms. The van der Waals surface area contributed by atoms with Gasteiger partial charge in [0.25, 0.3) is 0 Å². The van der Waals surface area contributed by atoms with Crippen LogP contribution in [0.4, 0.5) is 0 Å². The van der Waals surface area contributed by atoms with E-state index in [4.69, 9.17) is 5.11 Å². The minimum Gasteiger partial charge on any atom is -0.508 e. The Bertz CT molecular complexity index is 327. The van der Waals surface area contributed by atoms with Gasteiger partial charge in [-0.15, -0.1) is 0 Å². The lowest BCUT2D eigenvalue weighted by Crippen LogP contribution is -2.20. The summed E-state index contributed by atoms with van der Waals surface area (Å²) in [5.74, 6) is 0.757. The topological polar surface area (TPSA) is 43.7 Å². The maximum Gasteiger partial charge on any atom is 0.115 e. The number of hydrogen-bond acceptors (Lipinski definition) is 3. The van der Waals surface area contributed by atoms with Crippen molar-refractivity contribution < 1.29 is 10.2 Å². The number of rotatable bonds is 3. The van der Waals surface area contributed by atoms with E-state index in [1.807, 2.05) is 12.1 Å². The summed E-state index contributed by atoms with van der Waals surface area (Å²) in [4.78, 5) is 2.32. The van der Waals surface area contributed by atoms with Gasteiger partial charge in [0.2, 0.25) is 0 Å². The zero-order valence-corrected chi connectivity index (χ0v) is 8.76. The van der Waals surface area contributed by atoms with Gasteiger partial charge >= 0.3 is 0 Å². The highest BCUT2D eigenvalue weighted by Crippen LogP contribution is 2.19. The van der Waals surface area contributed by atoms with Crippen LogP contribution in [0, 0.1) is 5.92 Å². The first-order chi connectivity index (χ1) is 7.28. The largest absolute Gasteiger partial charge is 0.508 e. The molecule has 0 radical (unpaired) electrons. The van der Waals surface area contributed by atoms with Crippen LogP contribution in [-0.2, 0) is 6.54 Å². The van der Waals surface area contributed by atoms with E-state index in [-0.39, 0.29) is 6.61 Å². The van der Waals surface area contributed by atoms with Gasteiger partial charge in [-0.1, -0.05) is 12.1 Å². The Morgan fingerprint density at radius 1 is 1.40 bits per heavy atom. The predicted octanol–water partition coefficient (Wildman–Crippen LogP) is 1.21. The van der Waals surface area contributed by atoms with E-state index in [1.54, 1.807) is 12.1 Å². The summed E-state index contributed by atoms with van der Waals surface area (Å²) < 4.78 is 0. The number of aliphatic hydroxyl groups is 1. The van der Waals surface area contributed by atoms with Gasteiger partial charge in [0.1, 0.15) is 5.75 Å². The molecule has 2 rings (SSSR count). The molecule has 0 spiro atoms. The molecule has 3 heteroatoms. The summed E-state index contributed by atoms with van der Waals surface area (Å²) >= 11 is 0. The molecular weight excluding hydrogens is 190 g/mol. The van der Waals surface area contributed by atoms with Crippen LogP contribution >= 0.6 is 0 Å². The summed E-state index contributed by atoms with van der Waals surface area (Å²) in [5, 5.41) is 18.4. The Morgan fingerprint density at radius 2 is 2.27 bits per heavy atom. The number of hydrogen-bond donors (Lipinski definition) is 2. The standard InChI is InChI=1S/C12H17NO2/c14-9-11-4-5-13(8-11)7-10-2-1-3-12(15)6-10/h1-3,6,11,14-15H,4-5,7-9H2/t11-/m0/s1. The summed E-state index contributed by atoms with van der Waals surface area (Å²) in [5.41, 5.74) is 1.13. The van der Waals surface area contributed by atoms with Gasteiger partial charge in [0.15, 0.2) is 0 Å². The van der Waals surface area contributed by atoms with Crippen molar-refractivity contribution in [3.63, 3.8) is 0 Å². The van der Waals surface area contributed by atoms with E-state index >= 15 is 0 Å². The first kappa shape index (κ1) is 10.5. The molecule has 0 aromatic heterocycles. The van der Waals surface area contributed by atoms with Gasteiger partial charge in [-0.2, -0.15) is 0 Å². The van der Waals surface area contributed by atoms with Crippen LogP contribution in [0.5, 0.6) is 5.75 Å². The van der Waals surface area contributed by atoms with E-state index in [0.717, 1.165) is 31.6 Å². The number of phenolic OH excluding ortho intramolecular Hbond substituents is 1. The van der Waals surface area contributed by atoms with E-state index in [0.29, 0.717) is 11.7 Å². The molecule has 1 atom stereocenters. The van der Waals surface area contributed by atoms with Gasteiger partial charge in [-0.3, -0.25) is 4.90 Å². The molecular formula is C12H17NO2. The zero-order valence-electron chi connectivity index (χ0n) is 8.76. The highest BCUT2D eigenvalue weighted by molar-refractivity contribution is 5.27. The number of benzene rings is 1. The summed E-state index contributed by atoms with van der Waals surface area (Å²) in [6, 6.07) is 7.37. The lowest BCUT2D eigenvalue weighted by atomic mass is 10.1. The smallest absolute Gasteiger partial charge is 0.115 e. The fraction of sp³-hybridized carbons (Fsp3) is 0.500. The summed E-state index contributed by atoms with van der Waals surface area (Å²) in [7, 11) is 0. The SMILES string of the molecule is OC[C@H]1CCN(Cc2cccc(O)c2)C1. The molecule has 0 saturated carbocycles. The van der Waals surface area contributed by atoms with Gasteiger partial charge in [0, 0.05) is 19.7 Å². The second-order valence-electron chi connectivity index (χ2n) is 4.24. The fourth-order valence-corrected chi connectivity index (χ4v) is 2.12. The van der Waals surface area contributed by atoms with E-state index in [2.05, 4.69) is 4.90 Å². The van der Waals surface area contributed by atoms with Crippen LogP contribution < -0.4 is 0 Å². The molecule has 0 bridgehead atoms. The lowest BCUT2D eigenvalue weighted by Gasteiger charge is -2.15. The van der Waals surface area contributed by atoms with Gasteiger partial charge in [0.05, 0.1) is 0 Å². The van der Waals surface area contributed by atoms with Crippen LogP contribution in [0.25, 0.3) is 0 Å². The van der Waals surface area contributed by atoms with Gasteiger partial charge in [-0.05, 0) is 36.6 Å². The average molecular weight is 207 g/mol. The van der Waals surface area contributed by atoms with Crippen molar-refractivity contribution in [1.82, 2.24) is 4.90 Å². The quantitative estimate of drug-likeness (QED) is 0.783. The van der Waals surface area contributed by atoms with Crippen LogP contribution in [0.15, 0.2) is 24.3 Å². The van der Waals surface area contributed by atoms with Crippen molar-refractivity contribution in [1.29, 1.82) is 0 Å². The van der Waals surface area contributed by atoms with Crippen LogP contribution in [0.2, 0.25) is 0 Å². The average Bonchev–Trinajstić information content (AvgIpc) is 2.65.